The number of H-pyrrole nitrogens is 1. The van der Waals surface area contributed by atoms with Gasteiger partial charge in [-0.15, -0.1) is 10.2 Å². The molecule has 4 N–H and O–H groups in total. The van der Waals surface area contributed by atoms with Gasteiger partial charge in [0.25, 0.3) is 5.95 Å². The van der Waals surface area contributed by atoms with Gasteiger partial charge in [-0.2, -0.15) is 10.1 Å². The number of benzene rings is 1. The molecule has 10 nitrogen and oxygen atoms in total. The summed E-state index contributed by atoms with van der Waals surface area (Å²) >= 11 is 0. The van der Waals surface area contributed by atoms with Crippen molar-refractivity contribution in [2.75, 3.05) is 10.6 Å². The molecule has 0 aliphatic carbocycles. The lowest BCUT2D eigenvalue weighted by atomic mass is 9.76. The molecule has 1 aromatic carbocycles. The van der Waals surface area contributed by atoms with Crippen molar-refractivity contribution >= 4 is 34.8 Å². The van der Waals surface area contributed by atoms with E-state index in [0.29, 0.717) is 11.3 Å². The Bertz CT molecular complexity index is 872. The fourth-order valence-corrected chi connectivity index (χ4v) is 2.83. The van der Waals surface area contributed by atoms with Gasteiger partial charge in [0.1, 0.15) is 17.8 Å². The van der Waals surface area contributed by atoms with Crippen molar-refractivity contribution in [2.24, 2.45) is 10.2 Å². The summed E-state index contributed by atoms with van der Waals surface area (Å²) in [5.74, 6) is -0.454. The molecule has 25 heavy (non-hydrogen) atoms. The summed E-state index contributed by atoms with van der Waals surface area (Å²) in [5, 5.41) is 30.1. The fraction of sp³-hybridized carbons (Fsp3) is 0.333. The second-order valence-electron chi connectivity index (χ2n) is 6.34. The molecule has 0 atom stereocenters. The lowest BCUT2D eigenvalue weighted by Gasteiger charge is -2.33. The number of carbonyl (C=O) groups is 2. The van der Waals surface area contributed by atoms with E-state index < -0.39 is 5.41 Å². The van der Waals surface area contributed by atoms with Gasteiger partial charge in [-0.05, 0) is 6.07 Å². The topological polar surface area (TPSA) is 145 Å². The van der Waals surface area contributed by atoms with Crippen LogP contribution in [0.25, 0.3) is 0 Å². The molecule has 0 saturated heterocycles. The zero-order chi connectivity index (χ0) is 18.2. The van der Waals surface area contributed by atoms with Crippen molar-refractivity contribution in [3.05, 3.63) is 18.0 Å². The minimum absolute atomic E-state index is 0.103. The summed E-state index contributed by atoms with van der Waals surface area (Å²) in [4.78, 5) is 27.3. The molecule has 130 valence electrons. The number of aromatic nitrogens is 3. The second kappa shape index (κ2) is 5.96. The molecule has 0 unspecified atom stereocenters. The van der Waals surface area contributed by atoms with E-state index in [1.54, 1.807) is 0 Å². The second-order valence-corrected chi connectivity index (χ2v) is 6.34. The molecule has 10 heteroatoms. The predicted octanol–water partition coefficient (Wildman–Crippen LogP) is 2.50. The molecule has 2 amide bonds. The molecule has 1 aliphatic rings. The van der Waals surface area contributed by atoms with E-state index in [4.69, 9.17) is 0 Å². The first kappa shape index (κ1) is 16.6. The largest absolute Gasteiger partial charge is 0.505 e. The lowest BCUT2D eigenvalue weighted by Crippen LogP contribution is -2.32. The third-order valence-electron chi connectivity index (χ3n) is 3.79. The number of hydrogen-bond acceptors (Lipinski definition) is 7. The molecule has 0 fully saturated rings. The van der Waals surface area contributed by atoms with Crippen LogP contribution < -0.4 is 10.6 Å². The Labute approximate surface area is 142 Å². The predicted molar refractivity (Wildman–Crippen MR) is 89.2 cm³/mol. The average molecular weight is 343 g/mol. The maximum Gasteiger partial charge on any atom is 0.264 e. The van der Waals surface area contributed by atoms with Gasteiger partial charge in [-0.3, -0.25) is 9.59 Å². The van der Waals surface area contributed by atoms with Crippen molar-refractivity contribution in [3.63, 3.8) is 0 Å². The molecule has 0 radical (unpaired) electrons. The van der Waals surface area contributed by atoms with Crippen molar-refractivity contribution in [1.29, 1.82) is 0 Å². The third kappa shape index (κ3) is 3.18. The fourth-order valence-electron chi connectivity index (χ4n) is 2.83. The van der Waals surface area contributed by atoms with Crippen LogP contribution in [-0.4, -0.2) is 32.1 Å². The van der Waals surface area contributed by atoms with E-state index >= 15 is 0 Å². The van der Waals surface area contributed by atoms with E-state index in [1.165, 1.54) is 19.3 Å². The number of hydrogen-bond donors (Lipinski definition) is 4. The first-order valence-electron chi connectivity index (χ1n) is 7.53. The quantitative estimate of drug-likeness (QED) is 0.500. The number of phenolic OH excluding ortho intramolecular Hbond substituents is 1. The summed E-state index contributed by atoms with van der Waals surface area (Å²) in [6.07, 6.45) is 1.48. The summed E-state index contributed by atoms with van der Waals surface area (Å²) in [6.45, 7) is 5.00. The number of azo groups is 1. The van der Waals surface area contributed by atoms with Crippen LogP contribution in [-0.2, 0) is 15.0 Å². The number of nitrogens with zero attached hydrogens (tertiary/aromatic N) is 4. The van der Waals surface area contributed by atoms with Crippen LogP contribution in [0.1, 0.15) is 32.8 Å². The Balaban J connectivity index is 2.19. The van der Waals surface area contributed by atoms with Crippen LogP contribution in [0.2, 0.25) is 0 Å². The summed E-state index contributed by atoms with van der Waals surface area (Å²) < 4.78 is 0. The SMILES string of the molecule is CC(=O)Nc1cc(N=Nc2ncn[nH]2)c2c(c1O)C(C)(C)CC(=O)N2. The Morgan fingerprint density at radius 1 is 1.40 bits per heavy atom. The van der Waals surface area contributed by atoms with E-state index in [-0.39, 0.29) is 41.3 Å². The van der Waals surface area contributed by atoms with Gasteiger partial charge in [0.05, 0.1) is 11.4 Å². The average Bonchev–Trinajstić information content (AvgIpc) is 3.00. The van der Waals surface area contributed by atoms with Crippen LogP contribution >= 0.6 is 0 Å². The lowest BCUT2D eigenvalue weighted by molar-refractivity contribution is -0.117. The number of carbonyl (C=O) groups excluding carboxylic acids is 2. The van der Waals surface area contributed by atoms with Crippen molar-refractivity contribution in [2.45, 2.75) is 32.6 Å². The van der Waals surface area contributed by atoms with Gasteiger partial charge < -0.3 is 15.7 Å². The summed E-state index contributed by atoms with van der Waals surface area (Å²) in [5.41, 5.74) is 0.685. The zero-order valence-electron chi connectivity index (χ0n) is 13.9. The van der Waals surface area contributed by atoms with E-state index in [9.17, 15) is 14.7 Å². The molecular weight excluding hydrogens is 326 g/mol. The van der Waals surface area contributed by atoms with Gasteiger partial charge in [-0.1, -0.05) is 13.8 Å². The molecule has 1 aliphatic heterocycles. The number of nitrogens with one attached hydrogen (secondary N) is 3. The van der Waals surface area contributed by atoms with Crippen LogP contribution in [0.3, 0.4) is 0 Å². The summed E-state index contributed by atoms with van der Waals surface area (Å²) in [6, 6.07) is 1.44. The van der Waals surface area contributed by atoms with Gasteiger partial charge >= 0.3 is 0 Å². The number of amides is 2. The van der Waals surface area contributed by atoms with E-state index in [2.05, 4.69) is 36.0 Å². The van der Waals surface area contributed by atoms with Crippen molar-refractivity contribution in [1.82, 2.24) is 15.2 Å². The Morgan fingerprint density at radius 2 is 2.16 bits per heavy atom. The molecule has 0 spiro atoms. The molecule has 0 bridgehead atoms. The maximum atomic E-state index is 12.0. The van der Waals surface area contributed by atoms with E-state index in [1.807, 2.05) is 13.8 Å². The zero-order valence-corrected chi connectivity index (χ0v) is 13.9. The minimum atomic E-state index is -0.646. The van der Waals surface area contributed by atoms with Crippen LogP contribution in [0.4, 0.5) is 23.0 Å². The minimum Gasteiger partial charge on any atom is -0.505 e. The molecular formula is C15H17N7O3. The normalized spacial score (nSPS) is 15.7. The summed E-state index contributed by atoms with van der Waals surface area (Å²) in [7, 11) is 0. The Kier molecular flexibility index (Phi) is 3.95. The Hall–Kier alpha value is -3.30. The van der Waals surface area contributed by atoms with Gasteiger partial charge in [0.15, 0.2) is 0 Å². The van der Waals surface area contributed by atoms with Crippen LogP contribution in [0.5, 0.6) is 5.75 Å². The highest BCUT2D eigenvalue weighted by atomic mass is 16.3. The monoisotopic (exact) mass is 343 g/mol. The van der Waals surface area contributed by atoms with Crippen molar-refractivity contribution < 1.29 is 14.7 Å². The highest BCUT2D eigenvalue weighted by Crippen LogP contribution is 2.50. The molecule has 1 aromatic heterocycles. The molecule has 0 saturated carbocycles. The van der Waals surface area contributed by atoms with Crippen LogP contribution in [0.15, 0.2) is 22.6 Å². The third-order valence-corrected chi connectivity index (χ3v) is 3.79. The first-order chi connectivity index (χ1) is 11.8. The maximum absolute atomic E-state index is 12.0. The van der Waals surface area contributed by atoms with Crippen molar-refractivity contribution in [3.8, 4) is 5.75 Å². The van der Waals surface area contributed by atoms with E-state index in [0.717, 1.165) is 0 Å². The highest BCUT2D eigenvalue weighted by molar-refractivity contribution is 6.02. The smallest absolute Gasteiger partial charge is 0.264 e. The molecule has 2 aromatic rings. The van der Waals surface area contributed by atoms with Gasteiger partial charge in [0.2, 0.25) is 11.8 Å². The number of phenols is 1. The number of aromatic amines is 1. The number of fused-ring (bicyclic) bond motifs is 1. The Morgan fingerprint density at radius 3 is 2.80 bits per heavy atom. The van der Waals surface area contributed by atoms with Crippen LogP contribution in [0, 0.1) is 0 Å². The number of aromatic hydroxyl groups is 1. The molecule has 2 heterocycles. The standard InChI is InChI=1S/C15H17N7O3/c1-7(23)18-9-4-8(20-22-14-16-6-17-21-14)12-11(13(9)25)15(2,3)5-10(24)19-12/h4,6,25H,5H2,1-3H3,(H,18,23)(H,19,24)(H,16,17,21). The van der Waals surface area contributed by atoms with Gasteiger partial charge in [-0.25, -0.2) is 5.10 Å². The number of anilines is 2. The molecule has 3 rings (SSSR count). The first-order valence-corrected chi connectivity index (χ1v) is 7.53. The van der Waals surface area contributed by atoms with Gasteiger partial charge in [0, 0.05) is 24.3 Å². The number of rotatable bonds is 3. The highest BCUT2D eigenvalue weighted by Gasteiger charge is 2.37.